The first kappa shape index (κ1) is 31.2. The van der Waals surface area contributed by atoms with Gasteiger partial charge in [0.2, 0.25) is 5.91 Å². The van der Waals surface area contributed by atoms with Crippen molar-refractivity contribution in [3.05, 3.63) is 64.7 Å². The minimum atomic E-state index is -0.511. The van der Waals surface area contributed by atoms with Crippen LogP contribution < -0.4 is 0 Å². The molecule has 0 spiro atoms. The van der Waals surface area contributed by atoms with Gasteiger partial charge in [-0.15, -0.1) is 0 Å². The number of piperazine rings is 1. The Balaban J connectivity index is 1.46. The van der Waals surface area contributed by atoms with Crippen molar-refractivity contribution in [1.29, 1.82) is 0 Å². The van der Waals surface area contributed by atoms with Gasteiger partial charge in [0.05, 0.1) is 6.04 Å². The second-order valence-electron chi connectivity index (χ2n) is 13.6. The summed E-state index contributed by atoms with van der Waals surface area (Å²) in [4.78, 5) is 32.6. The highest BCUT2D eigenvalue weighted by molar-refractivity contribution is 6.30. The molecular weight excluding hydrogens is 538 g/mol. The van der Waals surface area contributed by atoms with Crippen LogP contribution in [-0.4, -0.2) is 76.2 Å². The fraction of sp³-hybridized carbons (Fsp3) is 0.576. The Morgan fingerprint density at radius 3 is 2.00 bits per heavy atom. The van der Waals surface area contributed by atoms with Gasteiger partial charge in [0, 0.05) is 50.2 Å². The van der Waals surface area contributed by atoms with Gasteiger partial charge in [-0.05, 0) is 80.3 Å². The Morgan fingerprint density at radius 1 is 0.902 bits per heavy atom. The van der Waals surface area contributed by atoms with Crippen molar-refractivity contribution in [3.63, 3.8) is 0 Å². The predicted molar refractivity (Wildman–Crippen MR) is 163 cm³/mol. The first-order chi connectivity index (χ1) is 19.2. The third kappa shape index (κ3) is 8.16. The third-order valence-electron chi connectivity index (χ3n) is 8.22. The van der Waals surface area contributed by atoms with E-state index in [1.165, 1.54) is 0 Å². The van der Waals surface area contributed by atoms with E-state index in [9.17, 15) is 14.7 Å². The molecule has 2 aromatic rings. The number of ether oxygens (including phenoxy) is 1. The largest absolute Gasteiger partial charge is 0.508 e. The van der Waals surface area contributed by atoms with Gasteiger partial charge in [-0.25, -0.2) is 4.79 Å². The average molecular weight is 584 g/mol. The van der Waals surface area contributed by atoms with E-state index in [0.717, 1.165) is 37.1 Å². The molecule has 2 atom stereocenters. The van der Waals surface area contributed by atoms with Crippen LogP contribution in [0.2, 0.25) is 5.02 Å². The third-order valence-corrected chi connectivity index (χ3v) is 8.47. The second kappa shape index (κ2) is 12.6. The molecule has 1 unspecified atom stereocenters. The molecule has 2 fully saturated rings. The van der Waals surface area contributed by atoms with Gasteiger partial charge in [-0.2, -0.15) is 0 Å². The van der Waals surface area contributed by atoms with Crippen molar-refractivity contribution in [2.45, 2.75) is 78.5 Å². The van der Waals surface area contributed by atoms with E-state index in [-0.39, 0.29) is 41.2 Å². The maximum absolute atomic E-state index is 13.8. The van der Waals surface area contributed by atoms with Crippen LogP contribution >= 0.6 is 11.6 Å². The SMILES string of the molecule is CC(C)(C)OC(=O)N1CCC(CC(=O)N2CCN(C(c3ccc(O)cc3)c3ccc(Cl)cc3)C[C@@H]2C(C)(C)C)CC1. The van der Waals surface area contributed by atoms with Crippen molar-refractivity contribution >= 4 is 23.6 Å². The zero-order chi connectivity index (χ0) is 29.9. The average Bonchev–Trinajstić information content (AvgIpc) is 2.90. The number of nitrogens with zero attached hydrogens (tertiary/aromatic N) is 3. The van der Waals surface area contributed by atoms with Crippen LogP contribution in [0.1, 0.15) is 78.0 Å². The van der Waals surface area contributed by atoms with Crippen LogP contribution in [0.5, 0.6) is 5.75 Å². The summed E-state index contributed by atoms with van der Waals surface area (Å²) < 4.78 is 5.53. The monoisotopic (exact) mass is 583 g/mol. The number of amides is 2. The Hall–Kier alpha value is -2.77. The minimum Gasteiger partial charge on any atom is -0.508 e. The highest BCUT2D eigenvalue weighted by Crippen LogP contribution is 2.36. The summed E-state index contributed by atoms with van der Waals surface area (Å²) in [5.41, 5.74) is 1.59. The van der Waals surface area contributed by atoms with Crippen LogP contribution in [0, 0.1) is 11.3 Å². The van der Waals surface area contributed by atoms with Crippen LogP contribution in [0.4, 0.5) is 4.79 Å². The highest BCUT2D eigenvalue weighted by atomic mass is 35.5. The van der Waals surface area contributed by atoms with Gasteiger partial charge in [-0.1, -0.05) is 56.6 Å². The van der Waals surface area contributed by atoms with Gasteiger partial charge in [0.1, 0.15) is 11.4 Å². The molecule has 0 bridgehead atoms. The van der Waals surface area contributed by atoms with Crippen LogP contribution in [0.15, 0.2) is 48.5 Å². The molecule has 2 saturated heterocycles. The van der Waals surface area contributed by atoms with Crippen LogP contribution in [0.25, 0.3) is 0 Å². The number of likely N-dealkylation sites (tertiary alicyclic amines) is 1. The second-order valence-corrected chi connectivity index (χ2v) is 14.1. The predicted octanol–water partition coefficient (Wildman–Crippen LogP) is 6.73. The summed E-state index contributed by atoms with van der Waals surface area (Å²) in [5.74, 6) is 0.704. The number of hydrogen-bond donors (Lipinski definition) is 1. The van der Waals surface area contributed by atoms with E-state index in [2.05, 4.69) is 42.7 Å². The molecule has 0 aliphatic carbocycles. The molecule has 2 aromatic carbocycles. The molecule has 7 nitrogen and oxygen atoms in total. The minimum absolute atomic E-state index is 0.0212. The summed E-state index contributed by atoms with van der Waals surface area (Å²) in [5, 5.41) is 10.6. The zero-order valence-corrected chi connectivity index (χ0v) is 26.2. The Labute approximate surface area is 250 Å². The van der Waals surface area contributed by atoms with E-state index in [0.29, 0.717) is 31.1 Å². The van der Waals surface area contributed by atoms with E-state index < -0.39 is 5.60 Å². The normalized spacial score (nSPS) is 20.1. The molecule has 41 heavy (non-hydrogen) atoms. The number of halogens is 1. The molecule has 8 heteroatoms. The van der Waals surface area contributed by atoms with E-state index in [1.807, 2.05) is 45.0 Å². The number of phenols is 1. The number of phenolic OH excluding ortho intramolecular Hbond substituents is 1. The number of rotatable bonds is 5. The summed E-state index contributed by atoms with van der Waals surface area (Å²) in [6.45, 7) is 15.6. The fourth-order valence-electron chi connectivity index (χ4n) is 6.00. The first-order valence-electron chi connectivity index (χ1n) is 14.8. The molecule has 2 heterocycles. The molecule has 0 radical (unpaired) electrons. The van der Waals surface area contributed by atoms with Crippen molar-refractivity contribution in [2.75, 3.05) is 32.7 Å². The summed E-state index contributed by atoms with van der Waals surface area (Å²) >= 11 is 6.22. The molecule has 0 aromatic heterocycles. The zero-order valence-electron chi connectivity index (χ0n) is 25.4. The van der Waals surface area contributed by atoms with Crippen LogP contribution in [-0.2, 0) is 9.53 Å². The standard InChI is InChI=1S/C33H46ClN3O4/c1-32(2,3)28-22-36(30(24-7-11-26(34)12-8-24)25-9-13-27(38)14-10-25)19-20-37(28)29(39)21-23-15-17-35(18-16-23)31(40)41-33(4,5)6/h7-14,23,28,30,38H,15-22H2,1-6H3/t28-,30?/m1/s1. The van der Waals surface area contributed by atoms with Gasteiger partial charge in [0.25, 0.3) is 0 Å². The highest BCUT2D eigenvalue weighted by Gasteiger charge is 2.41. The summed E-state index contributed by atoms with van der Waals surface area (Å²) in [7, 11) is 0. The van der Waals surface area contributed by atoms with Crippen molar-refractivity contribution < 1.29 is 19.4 Å². The van der Waals surface area contributed by atoms with Gasteiger partial charge in [-0.3, -0.25) is 9.69 Å². The van der Waals surface area contributed by atoms with Gasteiger partial charge < -0.3 is 19.6 Å². The number of piperidine rings is 1. The number of benzene rings is 2. The maximum Gasteiger partial charge on any atom is 0.410 e. The van der Waals surface area contributed by atoms with E-state index >= 15 is 0 Å². The van der Waals surface area contributed by atoms with Crippen molar-refractivity contribution in [2.24, 2.45) is 11.3 Å². The molecule has 0 saturated carbocycles. The molecule has 2 aliphatic rings. The fourth-order valence-corrected chi connectivity index (χ4v) is 6.13. The van der Waals surface area contributed by atoms with Crippen molar-refractivity contribution in [1.82, 2.24) is 14.7 Å². The lowest BCUT2D eigenvalue weighted by Gasteiger charge is -2.50. The summed E-state index contributed by atoms with van der Waals surface area (Å²) in [6.07, 6.45) is 1.86. The Kier molecular flexibility index (Phi) is 9.59. The van der Waals surface area contributed by atoms with Crippen molar-refractivity contribution in [3.8, 4) is 5.75 Å². The summed E-state index contributed by atoms with van der Waals surface area (Å²) in [6, 6.07) is 15.4. The van der Waals surface area contributed by atoms with Crippen LogP contribution in [0.3, 0.4) is 0 Å². The van der Waals surface area contributed by atoms with E-state index in [1.54, 1.807) is 17.0 Å². The quantitative estimate of drug-likeness (QED) is 0.422. The number of carbonyl (C=O) groups excluding carboxylic acids is 2. The smallest absolute Gasteiger partial charge is 0.410 e. The van der Waals surface area contributed by atoms with Gasteiger partial charge in [0.15, 0.2) is 0 Å². The lowest BCUT2D eigenvalue weighted by molar-refractivity contribution is -0.141. The first-order valence-corrected chi connectivity index (χ1v) is 15.1. The Morgan fingerprint density at radius 2 is 1.46 bits per heavy atom. The lowest BCUT2D eigenvalue weighted by atomic mass is 9.82. The van der Waals surface area contributed by atoms with Gasteiger partial charge >= 0.3 is 6.09 Å². The lowest BCUT2D eigenvalue weighted by Crippen LogP contribution is -2.60. The van der Waals surface area contributed by atoms with E-state index in [4.69, 9.17) is 16.3 Å². The Bertz CT molecular complexity index is 1130. The maximum atomic E-state index is 13.8. The molecule has 1 N–H and O–H groups in total. The number of carbonyl (C=O) groups is 2. The number of aromatic hydroxyl groups is 1. The molecule has 4 rings (SSSR count). The molecule has 2 aliphatic heterocycles. The molecule has 2 amide bonds. The number of hydrogen-bond acceptors (Lipinski definition) is 5. The molecule has 224 valence electrons. The molecular formula is C33H46ClN3O4. The topological polar surface area (TPSA) is 73.3 Å².